The average Bonchev–Trinajstić information content (AvgIpc) is 1.50. The zero-order chi connectivity index (χ0) is 88.7. The lowest BCUT2D eigenvalue weighted by Crippen LogP contribution is -2.10. The molecule has 0 radical (unpaired) electrons. The van der Waals surface area contributed by atoms with E-state index in [2.05, 4.69) is 514 Å². The Bertz CT molecular complexity index is 8770. The van der Waals surface area contributed by atoms with E-state index in [-0.39, 0.29) is 0 Å². The van der Waals surface area contributed by atoms with Crippen molar-refractivity contribution in [1.82, 2.24) is 17.6 Å². The first-order valence-corrected chi connectivity index (χ1v) is 46.8. The van der Waals surface area contributed by atoms with Crippen molar-refractivity contribution in [1.29, 1.82) is 0 Å². The molecule has 0 amide bonds. The summed E-state index contributed by atoms with van der Waals surface area (Å²) in [5.41, 5.74) is 35.8. The van der Waals surface area contributed by atoms with Crippen LogP contribution in [0, 0.1) is 0 Å². The zero-order valence-corrected chi connectivity index (χ0v) is 74.5. The number of hydrogen-bond donors (Lipinski definition) is 0. The fourth-order valence-corrected chi connectivity index (χ4v) is 22.8. The van der Waals surface area contributed by atoms with Gasteiger partial charge in [-0.2, -0.15) is 0 Å². The molecule has 8 nitrogen and oxygen atoms in total. The average molecular weight is 1710 g/mol. The molecule has 134 heavy (non-hydrogen) atoms. The van der Waals surface area contributed by atoms with Gasteiger partial charge >= 0.3 is 0 Å². The predicted octanol–water partition coefficient (Wildman–Crippen LogP) is 35.4. The molecule has 632 valence electrons. The number of aromatic nitrogens is 4. The van der Waals surface area contributed by atoms with Gasteiger partial charge in [-0.05, 0) is 192 Å². The Hall–Kier alpha value is -17.2. The summed E-state index contributed by atoms with van der Waals surface area (Å²) in [6, 6.07) is 166. The number of nitrogens with zero attached hydrogens (tertiary/aromatic N) is 8. The normalized spacial score (nSPS) is 12.2. The first kappa shape index (κ1) is 76.8. The van der Waals surface area contributed by atoms with E-state index in [0.29, 0.717) is 11.8 Å². The minimum absolute atomic E-state index is 0.462. The third kappa shape index (κ3) is 11.4. The molecule has 0 saturated heterocycles. The van der Waals surface area contributed by atoms with E-state index < -0.39 is 0 Å². The third-order valence-electron chi connectivity index (χ3n) is 28.6. The highest BCUT2D eigenvalue weighted by molar-refractivity contribution is 6.39. The maximum absolute atomic E-state index is 2.61. The molecule has 0 N–H and O–H groups in total. The van der Waals surface area contributed by atoms with Crippen LogP contribution >= 0.6 is 0 Å². The van der Waals surface area contributed by atoms with E-state index in [0.717, 1.165) is 56.9 Å². The number of fused-ring (bicyclic) bond motifs is 24. The summed E-state index contributed by atoms with van der Waals surface area (Å²) < 4.78 is 10.3. The molecule has 28 rings (SSSR count). The van der Waals surface area contributed by atoms with Gasteiger partial charge in [-0.25, -0.2) is 0 Å². The Kier molecular flexibility index (Phi) is 17.3. The molecule has 0 bridgehead atoms. The summed E-state index contributed by atoms with van der Waals surface area (Å²) in [5, 5.41) is 20.1. The molecule has 8 heterocycles. The highest BCUT2D eigenvalue weighted by Gasteiger charge is 2.34. The first-order chi connectivity index (χ1) is 66.2. The standard InChI is InChI=1S/C66H42N4.C60H46N4/c1-7-21-43(22-8-1)59-61-55-35-19-33-53-52-40-38-50(68(47-29-15-5-16-30-47)48-31-17-6-18-32-48)42-58(52)70(63(53)55)66(61)60(44-23-9-2-10-24-44)62-56-36-20-34-54-51-39-37-49(41-57(51)69(64(54)56)65(59)62)67(45-25-11-3-12-26-45)46-27-13-4-14-28-46;1-37(2)39-23-27-43(28-24-39)61(41-15-7-5-8-16-41)53-33-31-45-49-35-56-50(36-55(49)63-51-21-13-11-19-47(51)57(53)59(45)63)46-32-34-54(58-48-20-12-14-22-52(48)64(56)60(46)58)62(42-17-9-6-10-18-42)44-29-25-40(26-30-44)38(3)4/h1-42H;5-38H,1-4H3. The molecule has 8 heteroatoms. The van der Waals surface area contributed by atoms with Crippen LogP contribution in [0.25, 0.3) is 175 Å². The Labute approximate surface area is 774 Å². The molecule has 0 aliphatic carbocycles. The maximum Gasteiger partial charge on any atom is 0.0641 e. The molecule has 0 atom stereocenters. The second-order valence-corrected chi connectivity index (χ2v) is 36.6. The molecule has 0 aliphatic rings. The fraction of sp³-hybridized carbons (Fsp3) is 0.0476. The van der Waals surface area contributed by atoms with Crippen LogP contribution in [0.1, 0.15) is 50.7 Å². The van der Waals surface area contributed by atoms with Gasteiger partial charge in [0.25, 0.3) is 0 Å². The molecule has 0 aliphatic heterocycles. The van der Waals surface area contributed by atoms with Crippen LogP contribution in [0.15, 0.2) is 449 Å². The summed E-state index contributed by atoms with van der Waals surface area (Å²) in [4.78, 5) is 9.64. The molecular weight excluding hydrogens is 1630 g/mol. The molecular formula is C126H88N8. The van der Waals surface area contributed by atoms with E-state index in [1.165, 1.54) is 197 Å². The van der Waals surface area contributed by atoms with Crippen LogP contribution < -0.4 is 19.6 Å². The van der Waals surface area contributed by atoms with Crippen LogP contribution in [-0.2, 0) is 0 Å². The first-order valence-electron chi connectivity index (χ1n) is 46.8. The van der Waals surface area contributed by atoms with Crippen molar-refractivity contribution in [3.63, 3.8) is 0 Å². The van der Waals surface area contributed by atoms with Crippen molar-refractivity contribution in [2.24, 2.45) is 0 Å². The van der Waals surface area contributed by atoms with E-state index in [1.54, 1.807) is 0 Å². The Morgan fingerprint density at radius 2 is 0.433 bits per heavy atom. The number of anilines is 12. The van der Waals surface area contributed by atoms with E-state index in [4.69, 9.17) is 0 Å². The number of rotatable bonds is 16. The molecule has 0 saturated carbocycles. The van der Waals surface area contributed by atoms with Crippen molar-refractivity contribution in [2.75, 3.05) is 19.6 Å². The van der Waals surface area contributed by atoms with Gasteiger partial charge in [-0.1, -0.05) is 319 Å². The Balaban J connectivity index is 0.000000137. The lowest BCUT2D eigenvalue weighted by Gasteiger charge is -2.27. The topological polar surface area (TPSA) is 30.6 Å². The van der Waals surface area contributed by atoms with Crippen LogP contribution in [0.2, 0.25) is 0 Å². The number of benzene rings is 20. The van der Waals surface area contributed by atoms with Gasteiger partial charge in [0, 0.05) is 154 Å². The van der Waals surface area contributed by atoms with Crippen molar-refractivity contribution in [2.45, 2.75) is 39.5 Å². The molecule has 0 fully saturated rings. The largest absolute Gasteiger partial charge is 0.310 e. The number of para-hydroxylation sites is 10. The van der Waals surface area contributed by atoms with Crippen LogP contribution in [-0.4, -0.2) is 17.6 Å². The summed E-state index contributed by atoms with van der Waals surface area (Å²) in [6.45, 7) is 9.03. The van der Waals surface area contributed by atoms with E-state index >= 15 is 0 Å². The summed E-state index contributed by atoms with van der Waals surface area (Å²) >= 11 is 0. The lowest BCUT2D eigenvalue weighted by molar-refractivity contribution is 0.866. The highest BCUT2D eigenvalue weighted by atomic mass is 15.2. The third-order valence-corrected chi connectivity index (χ3v) is 28.6. The summed E-state index contributed by atoms with van der Waals surface area (Å²) in [6.07, 6.45) is 0. The lowest BCUT2D eigenvalue weighted by atomic mass is 9.89. The van der Waals surface area contributed by atoms with Gasteiger partial charge in [-0.15, -0.1) is 0 Å². The second-order valence-electron chi connectivity index (χ2n) is 36.6. The molecule has 20 aromatic carbocycles. The van der Waals surface area contributed by atoms with Crippen molar-refractivity contribution < 1.29 is 0 Å². The van der Waals surface area contributed by atoms with Crippen molar-refractivity contribution in [3.05, 3.63) is 460 Å². The van der Waals surface area contributed by atoms with Crippen LogP contribution in [0.3, 0.4) is 0 Å². The van der Waals surface area contributed by atoms with Gasteiger partial charge in [-0.3, -0.25) is 0 Å². The number of hydrogen-bond acceptors (Lipinski definition) is 4. The smallest absolute Gasteiger partial charge is 0.0641 e. The second kappa shape index (κ2) is 30.2. The van der Waals surface area contributed by atoms with E-state index in [1.807, 2.05) is 0 Å². The predicted molar refractivity (Wildman–Crippen MR) is 569 cm³/mol. The molecule has 28 aromatic rings. The van der Waals surface area contributed by atoms with Gasteiger partial charge in [0.1, 0.15) is 0 Å². The highest BCUT2D eigenvalue weighted by Crippen LogP contribution is 2.58. The molecule has 8 aromatic heterocycles. The fourth-order valence-electron chi connectivity index (χ4n) is 22.8. The van der Waals surface area contributed by atoms with Crippen molar-refractivity contribution >= 4 is 221 Å². The minimum atomic E-state index is 0.462. The van der Waals surface area contributed by atoms with Gasteiger partial charge in [0.2, 0.25) is 0 Å². The maximum atomic E-state index is 2.61. The monoisotopic (exact) mass is 1710 g/mol. The summed E-state index contributed by atoms with van der Waals surface area (Å²) in [5.74, 6) is 0.923. The van der Waals surface area contributed by atoms with Crippen molar-refractivity contribution in [3.8, 4) is 22.3 Å². The molecule has 0 spiro atoms. The van der Waals surface area contributed by atoms with Gasteiger partial charge in [0.15, 0.2) is 0 Å². The van der Waals surface area contributed by atoms with E-state index in [9.17, 15) is 0 Å². The van der Waals surface area contributed by atoms with Crippen LogP contribution in [0.4, 0.5) is 68.2 Å². The summed E-state index contributed by atoms with van der Waals surface area (Å²) in [7, 11) is 0. The Morgan fingerprint density at radius 1 is 0.164 bits per heavy atom. The zero-order valence-electron chi connectivity index (χ0n) is 74.5. The Morgan fingerprint density at radius 3 is 0.776 bits per heavy atom. The van der Waals surface area contributed by atoms with Gasteiger partial charge in [0.05, 0.1) is 77.6 Å². The van der Waals surface area contributed by atoms with Crippen LogP contribution in [0.5, 0.6) is 0 Å². The molecule has 0 unspecified atom stereocenters. The quantitative estimate of drug-likeness (QED) is 0.0965. The minimum Gasteiger partial charge on any atom is -0.310 e. The SMILES string of the molecule is CC(C)c1ccc(N(c2ccccc2)c2ccc3c4cc5c(cc4n4c6ccccc6c2c34)c2ccc(N(c3ccccc3)c3ccc(C(C)C)cc3)c3c4ccccc4n5c23)cc1.c1ccc(-c2c3c4cccc5c6ccc(N(c7ccccc7)c7ccccc7)cc6n(c3c(-c3ccccc3)c3c6cccc7c8ccc(N(c9ccccc9)c9ccccc9)cc8n(c23)c76)c54)cc1. The van der Waals surface area contributed by atoms with Gasteiger partial charge < -0.3 is 37.2 Å².